The van der Waals surface area contributed by atoms with Crippen molar-refractivity contribution in [2.24, 2.45) is 0 Å². The summed E-state index contributed by atoms with van der Waals surface area (Å²) in [7, 11) is 0. The molecule has 1 fully saturated rings. The summed E-state index contributed by atoms with van der Waals surface area (Å²) >= 11 is 0. The van der Waals surface area contributed by atoms with Crippen molar-refractivity contribution in [3.05, 3.63) is 30.1 Å². The van der Waals surface area contributed by atoms with Gasteiger partial charge >= 0.3 is 0 Å². The Hall–Kier alpha value is -1.40. The van der Waals surface area contributed by atoms with Crippen molar-refractivity contribution in [3.8, 4) is 6.07 Å². The van der Waals surface area contributed by atoms with Crippen LogP contribution in [0.15, 0.2) is 24.5 Å². The van der Waals surface area contributed by atoms with Crippen LogP contribution in [0.5, 0.6) is 0 Å². The standard InChI is InChI=1S/C11H13N3/c12-9-11(3-6-13-7-4-11)10-2-1-5-14-8-10/h1-2,5,8,13H,3-4,6-7H2. The van der Waals surface area contributed by atoms with Crippen molar-refractivity contribution < 1.29 is 0 Å². The largest absolute Gasteiger partial charge is 0.317 e. The van der Waals surface area contributed by atoms with E-state index in [2.05, 4.69) is 16.4 Å². The molecule has 0 atom stereocenters. The van der Waals surface area contributed by atoms with Gasteiger partial charge in [0.25, 0.3) is 0 Å². The molecule has 0 aromatic carbocycles. The molecular formula is C11H13N3. The highest BCUT2D eigenvalue weighted by Gasteiger charge is 2.33. The molecule has 0 unspecified atom stereocenters. The van der Waals surface area contributed by atoms with Crippen LogP contribution in [0, 0.1) is 11.3 Å². The minimum absolute atomic E-state index is 0.306. The second-order valence-electron chi connectivity index (χ2n) is 3.69. The minimum Gasteiger partial charge on any atom is -0.317 e. The topological polar surface area (TPSA) is 48.7 Å². The van der Waals surface area contributed by atoms with Gasteiger partial charge in [-0.2, -0.15) is 5.26 Å². The van der Waals surface area contributed by atoms with Gasteiger partial charge in [0.15, 0.2) is 0 Å². The fraction of sp³-hybridized carbons (Fsp3) is 0.455. The van der Waals surface area contributed by atoms with Crippen molar-refractivity contribution in [1.29, 1.82) is 5.26 Å². The van der Waals surface area contributed by atoms with Crippen molar-refractivity contribution in [3.63, 3.8) is 0 Å². The maximum absolute atomic E-state index is 9.29. The Balaban J connectivity index is 2.33. The summed E-state index contributed by atoms with van der Waals surface area (Å²) in [5.41, 5.74) is 0.753. The molecule has 1 N–H and O–H groups in total. The second-order valence-corrected chi connectivity index (χ2v) is 3.69. The fourth-order valence-electron chi connectivity index (χ4n) is 1.96. The van der Waals surface area contributed by atoms with Gasteiger partial charge in [-0.05, 0) is 37.6 Å². The number of aromatic nitrogens is 1. The molecule has 0 amide bonds. The summed E-state index contributed by atoms with van der Waals surface area (Å²) in [6.07, 6.45) is 5.33. The predicted molar refractivity (Wildman–Crippen MR) is 53.6 cm³/mol. The van der Waals surface area contributed by atoms with Crippen LogP contribution in [-0.4, -0.2) is 18.1 Å². The number of hydrogen-bond acceptors (Lipinski definition) is 3. The highest BCUT2D eigenvalue weighted by Crippen LogP contribution is 2.31. The van der Waals surface area contributed by atoms with E-state index in [1.165, 1.54) is 0 Å². The Morgan fingerprint density at radius 1 is 1.43 bits per heavy atom. The first-order valence-electron chi connectivity index (χ1n) is 4.90. The summed E-state index contributed by atoms with van der Waals surface area (Å²) in [5, 5.41) is 12.6. The van der Waals surface area contributed by atoms with Gasteiger partial charge < -0.3 is 5.32 Å². The summed E-state index contributed by atoms with van der Waals surface area (Å²) in [5.74, 6) is 0. The lowest BCUT2D eigenvalue weighted by Crippen LogP contribution is -2.38. The zero-order chi connectivity index (χ0) is 9.86. The summed E-state index contributed by atoms with van der Waals surface area (Å²) in [6, 6.07) is 6.35. The molecule has 1 aliphatic heterocycles. The first-order valence-corrected chi connectivity index (χ1v) is 4.90. The molecule has 3 nitrogen and oxygen atoms in total. The molecule has 0 bridgehead atoms. The summed E-state index contributed by atoms with van der Waals surface area (Å²) < 4.78 is 0. The molecular weight excluding hydrogens is 174 g/mol. The summed E-state index contributed by atoms with van der Waals surface area (Å²) in [6.45, 7) is 1.84. The van der Waals surface area contributed by atoms with Crippen LogP contribution < -0.4 is 5.32 Å². The number of rotatable bonds is 1. The van der Waals surface area contributed by atoms with E-state index in [4.69, 9.17) is 0 Å². The molecule has 1 aromatic heterocycles. The average molecular weight is 187 g/mol. The van der Waals surface area contributed by atoms with E-state index >= 15 is 0 Å². The molecule has 1 aromatic rings. The van der Waals surface area contributed by atoms with E-state index in [-0.39, 0.29) is 5.41 Å². The van der Waals surface area contributed by atoms with Gasteiger partial charge in [0.2, 0.25) is 0 Å². The molecule has 0 aliphatic carbocycles. The maximum atomic E-state index is 9.29. The normalized spacial score (nSPS) is 19.9. The molecule has 2 rings (SSSR count). The lowest BCUT2D eigenvalue weighted by atomic mass is 9.75. The van der Waals surface area contributed by atoms with Crippen LogP contribution in [0.4, 0.5) is 0 Å². The molecule has 72 valence electrons. The van der Waals surface area contributed by atoms with Crippen LogP contribution >= 0.6 is 0 Å². The van der Waals surface area contributed by atoms with Gasteiger partial charge in [-0.3, -0.25) is 4.98 Å². The van der Waals surface area contributed by atoms with Gasteiger partial charge in [-0.15, -0.1) is 0 Å². The fourth-order valence-corrected chi connectivity index (χ4v) is 1.96. The molecule has 2 heterocycles. The Morgan fingerprint density at radius 2 is 2.21 bits per heavy atom. The van der Waals surface area contributed by atoms with E-state index < -0.39 is 0 Å². The Kier molecular flexibility index (Phi) is 2.47. The highest BCUT2D eigenvalue weighted by molar-refractivity contribution is 5.30. The van der Waals surface area contributed by atoms with Crippen molar-refractivity contribution in [1.82, 2.24) is 10.3 Å². The van der Waals surface area contributed by atoms with Crippen molar-refractivity contribution in [2.45, 2.75) is 18.3 Å². The number of nitriles is 1. The molecule has 1 aliphatic rings. The van der Waals surface area contributed by atoms with E-state index in [1.54, 1.807) is 6.20 Å². The van der Waals surface area contributed by atoms with Crippen molar-refractivity contribution >= 4 is 0 Å². The average Bonchev–Trinajstić information content (AvgIpc) is 2.31. The third-order valence-corrected chi connectivity index (χ3v) is 2.89. The number of hydrogen-bond donors (Lipinski definition) is 1. The quantitative estimate of drug-likeness (QED) is 0.719. The molecule has 1 saturated heterocycles. The number of nitrogens with one attached hydrogen (secondary N) is 1. The Morgan fingerprint density at radius 3 is 2.79 bits per heavy atom. The second kappa shape index (κ2) is 3.77. The zero-order valence-electron chi connectivity index (χ0n) is 8.03. The van der Waals surface area contributed by atoms with Gasteiger partial charge in [-0.25, -0.2) is 0 Å². The molecule has 0 spiro atoms. The SMILES string of the molecule is N#CC1(c2cccnc2)CCNCC1. The summed E-state index contributed by atoms with van der Waals surface area (Å²) in [4.78, 5) is 4.08. The van der Waals surface area contributed by atoms with E-state index in [0.29, 0.717) is 0 Å². The highest BCUT2D eigenvalue weighted by atomic mass is 14.9. The molecule has 0 radical (unpaired) electrons. The van der Waals surface area contributed by atoms with Gasteiger partial charge in [0, 0.05) is 12.4 Å². The van der Waals surface area contributed by atoms with Gasteiger partial charge in [0.05, 0.1) is 11.5 Å². The zero-order valence-corrected chi connectivity index (χ0v) is 8.03. The van der Waals surface area contributed by atoms with Crippen LogP contribution in [0.25, 0.3) is 0 Å². The third-order valence-electron chi connectivity index (χ3n) is 2.89. The molecule has 14 heavy (non-hydrogen) atoms. The van der Waals surface area contributed by atoms with Crippen molar-refractivity contribution in [2.75, 3.05) is 13.1 Å². The molecule has 3 heteroatoms. The monoisotopic (exact) mass is 187 g/mol. The van der Waals surface area contributed by atoms with Gasteiger partial charge in [-0.1, -0.05) is 6.07 Å². The van der Waals surface area contributed by atoms with Gasteiger partial charge in [0.1, 0.15) is 0 Å². The number of nitrogens with zero attached hydrogens (tertiary/aromatic N) is 2. The van der Waals surface area contributed by atoms with E-state index in [0.717, 1.165) is 31.5 Å². The third kappa shape index (κ3) is 1.49. The van der Waals surface area contributed by atoms with Crippen LogP contribution in [0.1, 0.15) is 18.4 Å². The smallest absolute Gasteiger partial charge is 0.0861 e. The van der Waals surface area contributed by atoms with Crippen LogP contribution in [0.2, 0.25) is 0 Å². The van der Waals surface area contributed by atoms with Crippen LogP contribution in [0.3, 0.4) is 0 Å². The predicted octanol–water partition coefficient (Wildman–Crippen LogP) is 1.23. The van der Waals surface area contributed by atoms with E-state index in [9.17, 15) is 5.26 Å². The lowest BCUT2D eigenvalue weighted by molar-refractivity contribution is 0.381. The molecule has 0 saturated carbocycles. The van der Waals surface area contributed by atoms with Crippen LogP contribution in [-0.2, 0) is 5.41 Å². The lowest BCUT2D eigenvalue weighted by Gasteiger charge is -2.31. The number of piperidine rings is 1. The minimum atomic E-state index is -0.306. The van der Waals surface area contributed by atoms with E-state index in [1.807, 2.05) is 18.3 Å². The first kappa shape index (κ1) is 9.17. The first-order chi connectivity index (χ1) is 6.87. The Labute approximate surface area is 83.8 Å². The Bertz CT molecular complexity index is 333. The number of pyridine rings is 1. The maximum Gasteiger partial charge on any atom is 0.0861 e.